The Morgan fingerprint density at radius 1 is 1.40 bits per heavy atom. The summed E-state index contributed by atoms with van der Waals surface area (Å²) in [6.45, 7) is 2.83. The number of ether oxygens (including phenoxy) is 1. The van der Waals surface area contributed by atoms with E-state index in [9.17, 15) is 13.2 Å². The van der Waals surface area contributed by atoms with E-state index in [4.69, 9.17) is 0 Å². The summed E-state index contributed by atoms with van der Waals surface area (Å²) < 4.78 is 39.4. The molecule has 0 spiro atoms. The van der Waals surface area contributed by atoms with Gasteiger partial charge in [0.15, 0.2) is 0 Å². The molecule has 0 aromatic carbocycles. The molecule has 0 saturated carbocycles. The zero-order valence-electron chi connectivity index (χ0n) is 5.57. The first-order valence-electron chi connectivity index (χ1n) is 2.70. The monoisotopic (exact) mass is 176 g/mol. The average Bonchev–Trinajstić information content (AvgIpc) is 1.60. The minimum absolute atomic E-state index is 0.656. The lowest BCUT2D eigenvalue weighted by Gasteiger charge is -2.19. The third kappa shape index (κ3) is 3.27. The molecular formula is C5H8ClF3O. The summed E-state index contributed by atoms with van der Waals surface area (Å²) in [6, 6.07) is 0. The van der Waals surface area contributed by atoms with E-state index in [1.165, 1.54) is 13.8 Å². The SMILES string of the molecule is CC(C)OC(F)(Cl)C(F)F. The van der Waals surface area contributed by atoms with Crippen molar-refractivity contribution in [2.24, 2.45) is 0 Å². The van der Waals surface area contributed by atoms with Crippen LogP contribution in [0.2, 0.25) is 0 Å². The van der Waals surface area contributed by atoms with Crippen molar-refractivity contribution in [1.82, 2.24) is 0 Å². The van der Waals surface area contributed by atoms with Crippen LogP contribution in [0.15, 0.2) is 0 Å². The number of hydrogen-bond donors (Lipinski definition) is 0. The molecule has 1 atom stereocenters. The van der Waals surface area contributed by atoms with Gasteiger partial charge in [0, 0.05) is 0 Å². The van der Waals surface area contributed by atoms with Crippen LogP contribution < -0.4 is 0 Å². The number of rotatable bonds is 3. The molecule has 0 radical (unpaired) electrons. The smallest absolute Gasteiger partial charge is 0.327 e. The third-order valence-corrected chi connectivity index (χ3v) is 0.901. The van der Waals surface area contributed by atoms with Gasteiger partial charge in [-0.05, 0) is 25.4 Å². The van der Waals surface area contributed by atoms with Gasteiger partial charge >= 0.3 is 11.7 Å². The largest absolute Gasteiger partial charge is 0.348 e. The Morgan fingerprint density at radius 2 is 1.80 bits per heavy atom. The van der Waals surface area contributed by atoms with Gasteiger partial charge in [-0.2, -0.15) is 4.39 Å². The second kappa shape index (κ2) is 3.44. The van der Waals surface area contributed by atoms with Crippen molar-refractivity contribution in [3.8, 4) is 0 Å². The van der Waals surface area contributed by atoms with E-state index in [-0.39, 0.29) is 0 Å². The maximum atomic E-state index is 12.3. The molecule has 0 aromatic rings. The Kier molecular flexibility index (Phi) is 3.45. The first-order chi connectivity index (χ1) is 4.36. The van der Waals surface area contributed by atoms with Crippen molar-refractivity contribution in [2.75, 3.05) is 0 Å². The summed E-state index contributed by atoms with van der Waals surface area (Å²) in [5.74, 6) is 0. The predicted octanol–water partition coefficient (Wildman–Crippen LogP) is 2.54. The molecule has 1 nitrogen and oxygen atoms in total. The van der Waals surface area contributed by atoms with Crippen molar-refractivity contribution in [2.45, 2.75) is 31.7 Å². The highest BCUT2D eigenvalue weighted by molar-refractivity contribution is 6.22. The fourth-order valence-corrected chi connectivity index (χ4v) is 0.544. The molecule has 0 rings (SSSR count). The van der Waals surface area contributed by atoms with E-state index in [0.29, 0.717) is 0 Å². The number of alkyl halides is 4. The van der Waals surface area contributed by atoms with Gasteiger partial charge in [0.2, 0.25) is 0 Å². The van der Waals surface area contributed by atoms with Crippen LogP contribution in [0.3, 0.4) is 0 Å². The molecule has 0 N–H and O–H groups in total. The second-order valence-electron chi connectivity index (χ2n) is 2.03. The van der Waals surface area contributed by atoms with Gasteiger partial charge in [-0.3, -0.25) is 0 Å². The van der Waals surface area contributed by atoms with Crippen molar-refractivity contribution < 1.29 is 17.9 Å². The summed E-state index contributed by atoms with van der Waals surface area (Å²) in [5.41, 5.74) is 0. The molecule has 0 heterocycles. The molecule has 10 heavy (non-hydrogen) atoms. The van der Waals surface area contributed by atoms with Gasteiger partial charge in [-0.15, -0.1) is 0 Å². The Labute approximate surface area is 62.1 Å². The van der Waals surface area contributed by atoms with Crippen molar-refractivity contribution >= 4 is 11.6 Å². The molecule has 1 unspecified atom stereocenters. The fraction of sp³-hybridized carbons (Fsp3) is 1.00. The third-order valence-electron chi connectivity index (χ3n) is 0.647. The normalized spacial score (nSPS) is 18.0. The molecular weight excluding hydrogens is 169 g/mol. The van der Waals surface area contributed by atoms with E-state index in [1.54, 1.807) is 0 Å². The Bertz CT molecular complexity index is 105. The molecule has 0 aliphatic heterocycles. The minimum atomic E-state index is -3.34. The number of halogens is 4. The molecule has 0 aromatic heterocycles. The molecule has 0 aliphatic rings. The van der Waals surface area contributed by atoms with Crippen LogP contribution in [0.4, 0.5) is 13.2 Å². The van der Waals surface area contributed by atoms with Gasteiger partial charge in [-0.25, -0.2) is 8.78 Å². The number of hydrogen-bond acceptors (Lipinski definition) is 1. The summed E-state index contributed by atoms with van der Waals surface area (Å²) in [6.07, 6.45) is -3.98. The molecule has 5 heteroatoms. The average molecular weight is 177 g/mol. The molecule has 0 aliphatic carbocycles. The van der Waals surface area contributed by atoms with Gasteiger partial charge in [0.25, 0.3) is 0 Å². The molecule has 0 fully saturated rings. The van der Waals surface area contributed by atoms with E-state index in [2.05, 4.69) is 16.3 Å². The molecule has 0 bridgehead atoms. The van der Waals surface area contributed by atoms with E-state index >= 15 is 0 Å². The first-order valence-corrected chi connectivity index (χ1v) is 3.08. The van der Waals surface area contributed by atoms with Crippen LogP contribution in [0.25, 0.3) is 0 Å². The molecule has 0 saturated heterocycles. The molecule has 62 valence electrons. The van der Waals surface area contributed by atoms with Crippen LogP contribution >= 0.6 is 11.6 Å². The van der Waals surface area contributed by atoms with Crippen LogP contribution in [-0.2, 0) is 4.74 Å². The van der Waals surface area contributed by atoms with Crippen LogP contribution in [0.1, 0.15) is 13.8 Å². The van der Waals surface area contributed by atoms with Crippen LogP contribution in [0, 0.1) is 0 Å². The van der Waals surface area contributed by atoms with Crippen LogP contribution in [-0.4, -0.2) is 17.8 Å². The predicted molar refractivity (Wildman–Crippen MR) is 31.9 cm³/mol. The summed E-state index contributed by atoms with van der Waals surface area (Å²) >= 11 is 4.63. The highest BCUT2D eigenvalue weighted by atomic mass is 35.5. The fourth-order valence-electron chi connectivity index (χ4n) is 0.366. The van der Waals surface area contributed by atoms with Crippen molar-refractivity contribution in [1.29, 1.82) is 0 Å². The Morgan fingerprint density at radius 3 is 1.90 bits per heavy atom. The van der Waals surface area contributed by atoms with Gasteiger partial charge < -0.3 is 4.74 Å². The van der Waals surface area contributed by atoms with Gasteiger partial charge in [-0.1, -0.05) is 0 Å². The first kappa shape index (κ1) is 10.0. The highest BCUT2D eigenvalue weighted by Gasteiger charge is 2.40. The standard InChI is InChI=1S/C5H8ClF3O/c1-3(2)10-5(6,9)4(7)8/h3-4H,1-2H3. The lowest BCUT2D eigenvalue weighted by atomic mass is 10.5. The van der Waals surface area contributed by atoms with Gasteiger partial charge in [0.05, 0.1) is 6.10 Å². The minimum Gasteiger partial charge on any atom is -0.327 e. The van der Waals surface area contributed by atoms with E-state index in [1.807, 2.05) is 0 Å². The van der Waals surface area contributed by atoms with Crippen molar-refractivity contribution in [3.63, 3.8) is 0 Å². The molecule has 0 amide bonds. The zero-order valence-corrected chi connectivity index (χ0v) is 6.33. The topological polar surface area (TPSA) is 9.23 Å². The quantitative estimate of drug-likeness (QED) is 0.601. The van der Waals surface area contributed by atoms with Gasteiger partial charge in [0.1, 0.15) is 0 Å². The van der Waals surface area contributed by atoms with Crippen LogP contribution in [0.5, 0.6) is 0 Å². The Hall–Kier alpha value is 0.0400. The van der Waals surface area contributed by atoms with Crippen molar-refractivity contribution in [3.05, 3.63) is 0 Å². The summed E-state index contributed by atoms with van der Waals surface area (Å²) in [5, 5.41) is -3.34. The summed E-state index contributed by atoms with van der Waals surface area (Å²) in [4.78, 5) is 0. The maximum absolute atomic E-state index is 12.3. The lowest BCUT2D eigenvalue weighted by molar-refractivity contribution is -0.182. The highest BCUT2D eigenvalue weighted by Crippen LogP contribution is 2.28. The van der Waals surface area contributed by atoms with E-state index < -0.39 is 17.8 Å². The summed E-state index contributed by atoms with van der Waals surface area (Å²) in [7, 11) is 0. The second-order valence-corrected chi connectivity index (χ2v) is 2.54. The lowest BCUT2D eigenvalue weighted by Crippen LogP contribution is -2.31. The maximum Gasteiger partial charge on any atom is 0.348 e. The Balaban J connectivity index is 3.87. The zero-order chi connectivity index (χ0) is 8.36. The van der Waals surface area contributed by atoms with E-state index in [0.717, 1.165) is 0 Å².